The minimum Gasteiger partial charge on any atom is -1.00 e. The van der Waals surface area contributed by atoms with Gasteiger partial charge in [-0.15, -0.1) is 0 Å². The second kappa shape index (κ2) is 15.9. The number of halogens is 1. The molecule has 0 bridgehead atoms. The van der Waals surface area contributed by atoms with E-state index in [1.165, 1.54) is 0 Å². The number of hydrogen-bond donors (Lipinski definition) is 2. The minimum atomic E-state index is -2.87. The monoisotopic (exact) mass is 254 g/mol. The van der Waals surface area contributed by atoms with Crippen LogP contribution in [-0.4, -0.2) is 9.79 Å². The summed E-state index contributed by atoms with van der Waals surface area (Å²) in [4.78, 5) is 14.2. The van der Waals surface area contributed by atoms with Gasteiger partial charge in [0, 0.05) is 0 Å². The van der Waals surface area contributed by atoms with Crippen LogP contribution in [0.1, 0.15) is 0 Å². The third-order valence-corrected chi connectivity index (χ3v) is 0. The second-order valence-electron chi connectivity index (χ2n) is 0.253. The van der Waals surface area contributed by atoms with Gasteiger partial charge in [0.05, 0.1) is 8.25 Å². The molecule has 0 atom stereocenters. The zero-order valence-corrected chi connectivity index (χ0v) is 11.2. The van der Waals surface area contributed by atoms with Gasteiger partial charge in [0.25, 0.3) is 0 Å². The van der Waals surface area contributed by atoms with Crippen molar-refractivity contribution in [2.75, 3.05) is 0 Å². The molecule has 0 fully saturated rings. The Kier molecular flexibility index (Phi) is 51.3. The molecule has 2 N–H and O–H groups in total. The molecule has 0 aliphatic rings. The summed E-state index contributed by atoms with van der Waals surface area (Å²) in [5.74, 6) is 0. The van der Waals surface area contributed by atoms with Gasteiger partial charge in [-0.3, -0.25) is 0 Å². The molecule has 7 heavy (non-hydrogen) atoms. The second-order valence-corrected chi connectivity index (χ2v) is 0.758. The van der Waals surface area contributed by atoms with Crippen molar-refractivity contribution in [1.82, 2.24) is 0 Å². The third-order valence-electron chi connectivity index (χ3n) is 0. The maximum atomic E-state index is 8.70. The Morgan fingerprint density at radius 2 is 1.14 bits per heavy atom. The zero-order valence-electron chi connectivity index (χ0n) is 4.13. The first kappa shape index (κ1) is 22.5. The summed E-state index contributed by atoms with van der Waals surface area (Å²) in [6, 6.07) is 0. The van der Waals surface area contributed by atoms with Crippen molar-refractivity contribution in [2.24, 2.45) is 0 Å². The Morgan fingerprint density at radius 3 is 1.14 bits per heavy atom. The van der Waals surface area contributed by atoms with Crippen LogP contribution < -0.4 is 83.1 Å². The average molecular weight is 254 g/mol. The van der Waals surface area contributed by atoms with Crippen molar-refractivity contribution in [3.05, 3.63) is 0 Å². The molecule has 7 heteroatoms. The van der Waals surface area contributed by atoms with E-state index in [1.54, 1.807) is 0 Å². The van der Waals surface area contributed by atoms with Crippen molar-refractivity contribution in [3.63, 3.8) is 0 Å². The largest absolute Gasteiger partial charge is 1.00 e. The Morgan fingerprint density at radius 1 is 1.14 bits per heavy atom. The van der Waals surface area contributed by atoms with E-state index >= 15 is 0 Å². The van der Waals surface area contributed by atoms with Gasteiger partial charge >= 0.3 is 59.1 Å². The summed E-state index contributed by atoms with van der Waals surface area (Å²) in [5.41, 5.74) is 0. The molecule has 0 aromatic heterocycles. The summed E-state index contributed by atoms with van der Waals surface area (Å²) in [6.45, 7) is 0. The normalized spacial score (nSPS) is 5.00. The van der Waals surface area contributed by atoms with Crippen LogP contribution in [0.4, 0.5) is 0 Å². The smallest absolute Gasteiger partial charge is 1.00 e. The average Bonchev–Trinajstić information content (AvgIpc) is 0.811. The first-order valence-corrected chi connectivity index (χ1v) is 1.75. The summed E-state index contributed by atoms with van der Waals surface area (Å²) in [6.07, 6.45) is 0. The van der Waals surface area contributed by atoms with Crippen LogP contribution in [0.3, 0.4) is 0 Å². The molecular weight excluding hydrogens is 252 g/mol. The molecule has 0 rings (SSSR count). The first-order valence-electron chi connectivity index (χ1n) is 0.583. The molecule has 34 valence electrons. The Labute approximate surface area is 104 Å². The van der Waals surface area contributed by atoms with Gasteiger partial charge in [-0.1, -0.05) is 0 Å². The van der Waals surface area contributed by atoms with Crippen LogP contribution in [0.15, 0.2) is 0 Å². The maximum Gasteiger partial charge on any atom is 1.00 e. The maximum absolute atomic E-state index is 8.70. The molecule has 0 saturated carbocycles. The summed E-state index contributed by atoms with van der Waals surface area (Å²) in [5, 5.41) is 0. The van der Waals surface area contributed by atoms with Crippen LogP contribution in [0.2, 0.25) is 0 Å². The topological polar surface area (TPSA) is 57.5 Å². The predicted molar refractivity (Wildman–Crippen MR) is 12.0 cm³/mol. The number of rotatable bonds is 0. The molecule has 0 radical (unpaired) electrons. The molecule has 0 aliphatic carbocycles. The van der Waals surface area contributed by atoms with E-state index in [0.717, 1.165) is 0 Å². The molecule has 0 aliphatic heterocycles. The van der Waals surface area contributed by atoms with Crippen molar-refractivity contribution < 1.29 is 97.4 Å². The quantitative estimate of drug-likeness (QED) is 0.256. The minimum absolute atomic E-state index is 0. The van der Waals surface area contributed by atoms with Gasteiger partial charge in [0.1, 0.15) is 0 Å². The van der Waals surface area contributed by atoms with Crippen LogP contribution in [0, 0.1) is 0 Å². The zero-order chi connectivity index (χ0) is 3.58. The molecule has 0 aromatic rings. The molecule has 0 amide bonds. The van der Waals surface area contributed by atoms with E-state index in [0.29, 0.717) is 0 Å². The van der Waals surface area contributed by atoms with Crippen LogP contribution in [-0.2, 0) is 4.57 Å². The first-order chi connectivity index (χ1) is 1.73. The standard InChI is InChI=1S/HI.2Na.H2O3P/c;;;1-4(2)3/h1H;;;(H2,1,2,3)/q;2*+1;-1/p-1. The van der Waals surface area contributed by atoms with E-state index in [4.69, 9.17) is 14.4 Å². The molecule has 0 unspecified atom stereocenters. The Bertz CT molecular complexity index is 35.9. The van der Waals surface area contributed by atoms with E-state index < -0.39 is 8.25 Å². The molecule has 3 nitrogen and oxygen atoms in total. The van der Waals surface area contributed by atoms with Crippen molar-refractivity contribution in [1.29, 1.82) is 0 Å². The molecule has 0 saturated heterocycles. The Hall–Kier alpha value is 2.88. The van der Waals surface area contributed by atoms with Gasteiger partial charge in [-0.25, -0.2) is 0 Å². The molecule has 0 heterocycles. The van der Waals surface area contributed by atoms with Crippen LogP contribution in [0.5, 0.6) is 0 Å². The molecule has 0 spiro atoms. The fraction of sp³-hybridized carbons (Fsp3) is 0. The summed E-state index contributed by atoms with van der Waals surface area (Å²) in [7, 11) is -2.87. The van der Waals surface area contributed by atoms with Gasteiger partial charge in [-0.2, -0.15) is 0 Å². The van der Waals surface area contributed by atoms with E-state index in [1.807, 2.05) is 0 Å². The van der Waals surface area contributed by atoms with Crippen LogP contribution >= 0.6 is 8.25 Å². The van der Waals surface area contributed by atoms with Gasteiger partial charge in [0.15, 0.2) is 0 Å². The van der Waals surface area contributed by atoms with Gasteiger partial charge in [0.2, 0.25) is 0 Å². The van der Waals surface area contributed by atoms with Crippen molar-refractivity contribution in [3.8, 4) is 0 Å². The number of hydrogen-bond acceptors (Lipinski definition) is 1. The van der Waals surface area contributed by atoms with E-state index in [2.05, 4.69) is 0 Å². The third kappa shape index (κ3) is 50.7. The fourth-order valence-corrected chi connectivity index (χ4v) is 0. The molecule has 0 aromatic carbocycles. The fourth-order valence-electron chi connectivity index (χ4n) is 0. The Balaban J connectivity index is -0.0000000150. The van der Waals surface area contributed by atoms with Crippen molar-refractivity contribution in [2.45, 2.75) is 0 Å². The van der Waals surface area contributed by atoms with E-state index in [9.17, 15) is 0 Å². The van der Waals surface area contributed by atoms with Crippen molar-refractivity contribution >= 4 is 8.25 Å². The predicted octanol–water partition coefficient (Wildman–Crippen LogP) is -9.36. The summed E-state index contributed by atoms with van der Waals surface area (Å²) >= 11 is 0. The van der Waals surface area contributed by atoms with Crippen LogP contribution in [0.25, 0.3) is 0 Å². The SMILES string of the molecule is O=[P-](O)O.[I-].[Na+].[Na+]. The van der Waals surface area contributed by atoms with Gasteiger partial charge < -0.3 is 38.3 Å². The summed E-state index contributed by atoms with van der Waals surface area (Å²) < 4.78 is 8.70. The van der Waals surface area contributed by atoms with E-state index in [-0.39, 0.29) is 83.1 Å². The molecular formula is H2INa2O3P. The van der Waals surface area contributed by atoms with Gasteiger partial charge in [-0.05, 0) is 0 Å².